The standard InChI is InChI=1S/C22H31N5O3/c1-14-17(21(29)23-20-19(14)15(2)24-25(20)3)6-7-18(28)26-12-8-16(9-13-26)22(30)27-10-4-5-11-27/h16H,4-13H2,1-3H3,(H,23,29). The van der Waals surface area contributed by atoms with Gasteiger partial charge in [0.15, 0.2) is 0 Å². The molecule has 2 amide bonds. The smallest absolute Gasteiger partial charge is 0.253 e. The fourth-order valence-corrected chi connectivity index (χ4v) is 5.02. The summed E-state index contributed by atoms with van der Waals surface area (Å²) < 4.78 is 1.68. The highest BCUT2D eigenvalue weighted by Gasteiger charge is 2.31. The molecule has 0 bridgehead atoms. The summed E-state index contributed by atoms with van der Waals surface area (Å²) in [5, 5.41) is 5.35. The molecule has 2 aliphatic rings. The predicted molar refractivity (Wildman–Crippen MR) is 114 cm³/mol. The molecule has 162 valence electrons. The lowest BCUT2D eigenvalue weighted by Crippen LogP contribution is -2.43. The first-order valence-corrected chi connectivity index (χ1v) is 11.0. The number of amides is 2. The molecule has 2 aromatic heterocycles. The van der Waals surface area contributed by atoms with Crippen LogP contribution in [0, 0.1) is 19.8 Å². The molecule has 2 aliphatic heterocycles. The third-order valence-corrected chi connectivity index (χ3v) is 6.76. The Bertz CT molecular complexity index is 1020. The van der Waals surface area contributed by atoms with Crippen LogP contribution in [0.4, 0.5) is 0 Å². The van der Waals surface area contributed by atoms with Crippen LogP contribution >= 0.6 is 0 Å². The zero-order chi connectivity index (χ0) is 21.4. The van der Waals surface area contributed by atoms with Crippen molar-refractivity contribution in [1.29, 1.82) is 0 Å². The van der Waals surface area contributed by atoms with Crippen LogP contribution in [0.15, 0.2) is 4.79 Å². The van der Waals surface area contributed by atoms with E-state index < -0.39 is 0 Å². The number of carbonyl (C=O) groups excluding carboxylic acids is 2. The van der Waals surface area contributed by atoms with E-state index in [1.165, 1.54) is 0 Å². The van der Waals surface area contributed by atoms with Gasteiger partial charge in [-0.05, 0) is 51.5 Å². The van der Waals surface area contributed by atoms with Gasteiger partial charge in [-0.2, -0.15) is 5.10 Å². The first-order chi connectivity index (χ1) is 14.4. The van der Waals surface area contributed by atoms with Crippen LogP contribution in [0.5, 0.6) is 0 Å². The molecule has 0 unspecified atom stereocenters. The molecule has 0 radical (unpaired) electrons. The summed E-state index contributed by atoms with van der Waals surface area (Å²) in [6, 6.07) is 0. The quantitative estimate of drug-likeness (QED) is 0.825. The van der Waals surface area contributed by atoms with Crippen molar-refractivity contribution in [3.05, 3.63) is 27.2 Å². The molecule has 1 N–H and O–H groups in total. The zero-order valence-corrected chi connectivity index (χ0v) is 18.2. The molecular formula is C22H31N5O3. The number of piperidine rings is 1. The first kappa shape index (κ1) is 20.6. The van der Waals surface area contributed by atoms with Crippen LogP contribution in [-0.4, -0.2) is 62.6 Å². The Morgan fingerprint density at radius 2 is 1.73 bits per heavy atom. The molecule has 0 aromatic carbocycles. The minimum absolute atomic E-state index is 0.0493. The summed E-state index contributed by atoms with van der Waals surface area (Å²) in [5.74, 6) is 0.374. The predicted octanol–water partition coefficient (Wildman–Crippen LogP) is 1.67. The number of aryl methyl sites for hydroxylation is 3. The highest BCUT2D eigenvalue weighted by Crippen LogP contribution is 2.24. The summed E-state index contributed by atoms with van der Waals surface area (Å²) in [7, 11) is 1.81. The maximum absolute atomic E-state index is 12.8. The second-order valence-corrected chi connectivity index (χ2v) is 8.68. The van der Waals surface area contributed by atoms with E-state index in [9.17, 15) is 14.4 Å². The molecule has 8 nitrogen and oxygen atoms in total. The number of carbonyl (C=O) groups is 2. The van der Waals surface area contributed by atoms with Gasteiger partial charge in [-0.1, -0.05) is 0 Å². The van der Waals surface area contributed by atoms with Gasteiger partial charge in [0, 0.05) is 56.5 Å². The molecular weight excluding hydrogens is 382 g/mol. The number of pyridine rings is 1. The Balaban J connectivity index is 1.37. The van der Waals surface area contributed by atoms with Crippen molar-refractivity contribution in [2.24, 2.45) is 13.0 Å². The van der Waals surface area contributed by atoms with E-state index in [4.69, 9.17) is 0 Å². The van der Waals surface area contributed by atoms with E-state index in [0.717, 1.165) is 61.1 Å². The Morgan fingerprint density at radius 3 is 2.40 bits per heavy atom. The number of aromatic nitrogens is 3. The lowest BCUT2D eigenvalue weighted by molar-refractivity contribution is -0.140. The molecule has 2 fully saturated rings. The van der Waals surface area contributed by atoms with Gasteiger partial charge in [0.05, 0.1) is 5.69 Å². The number of hydrogen-bond donors (Lipinski definition) is 1. The van der Waals surface area contributed by atoms with E-state index in [0.29, 0.717) is 31.5 Å². The summed E-state index contributed by atoms with van der Waals surface area (Å²) >= 11 is 0. The van der Waals surface area contributed by atoms with Gasteiger partial charge in [-0.25, -0.2) is 0 Å². The van der Waals surface area contributed by atoms with Crippen LogP contribution in [0.2, 0.25) is 0 Å². The van der Waals surface area contributed by atoms with Crippen molar-refractivity contribution >= 4 is 22.8 Å². The summed E-state index contributed by atoms with van der Waals surface area (Å²) in [5.41, 5.74) is 3.01. The van der Waals surface area contributed by atoms with E-state index in [2.05, 4.69) is 10.1 Å². The van der Waals surface area contributed by atoms with Gasteiger partial charge in [0.2, 0.25) is 11.8 Å². The van der Waals surface area contributed by atoms with Crippen LogP contribution in [0.3, 0.4) is 0 Å². The van der Waals surface area contributed by atoms with Crippen molar-refractivity contribution in [2.45, 2.75) is 52.4 Å². The summed E-state index contributed by atoms with van der Waals surface area (Å²) in [4.78, 5) is 44.7. The van der Waals surface area contributed by atoms with Crippen molar-refractivity contribution in [3.63, 3.8) is 0 Å². The Hall–Kier alpha value is -2.64. The molecule has 4 rings (SSSR count). The van der Waals surface area contributed by atoms with Gasteiger partial charge in [0.1, 0.15) is 5.65 Å². The Labute approximate surface area is 176 Å². The minimum atomic E-state index is -0.147. The second kappa shape index (κ2) is 8.24. The largest absolute Gasteiger partial charge is 0.343 e. The highest BCUT2D eigenvalue weighted by molar-refractivity contribution is 5.83. The number of likely N-dealkylation sites (tertiary alicyclic amines) is 2. The van der Waals surface area contributed by atoms with Crippen molar-refractivity contribution in [2.75, 3.05) is 26.2 Å². The van der Waals surface area contributed by atoms with Gasteiger partial charge in [0.25, 0.3) is 5.56 Å². The molecule has 0 saturated carbocycles. The molecule has 30 heavy (non-hydrogen) atoms. The number of H-pyrrole nitrogens is 1. The maximum Gasteiger partial charge on any atom is 0.253 e. The molecule has 8 heteroatoms. The average molecular weight is 414 g/mol. The van der Waals surface area contributed by atoms with E-state index in [1.54, 1.807) is 4.68 Å². The van der Waals surface area contributed by atoms with E-state index in [1.807, 2.05) is 30.7 Å². The molecule has 2 aromatic rings. The van der Waals surface area contributed by atoms with E-state index in [-0.39, 0.29) is 23.3 Å². The van der Waals surface area contributed by atoms with Gasteiger partial charge >= 0.3 is 0 Å². The van der Waals surface area contributed by atoms with Crippen LogP contribution in [0.25, 0.3) is 11.0 Å². The molecule has 0 aliphatic carbocycles. The normalized spacial score (nSPS) is 17.8. The SMILES string of the molecule is Cc1nn(C)c2[nH]c(=O)c(CCC(=O)N3CCC(C(=O)N4CCCC4)CC3)c(C)c12. The van der Waals surface area contributed by atoms with Crippen LogP contribution in [0.1, 0.15) is 48.9 Å². The third kappa shape index (κ3) is 3.75. The lowest BCUT2D eigenvalue weighted by atomic mass is 9.94. The lowest BCUT2D eigenvalue weighted by Gasteiger charge is -2.33. The second-order valence-electron chi connectivity index (χ2n) is 8.68. The maximum atomic E-state index is 12.8. The van der Waals surface area contributed by atoms with Gasteiger partial charge in [-0.3, -0.25) is 19.1 Å². The number of fused-ring (bicyclic) bond motifs is 1. The van der Waals surface area contributed by atoms with Crippen molar-refractivity contribution < 1.29 is 9.59 Å². The topological polar surface area (TPSA) is 91.3 Å². The summed E-state index contributed by atoms with van der Waals surface area (Å²) in [6.45, 7) is 6.87. The molecule has 0 spiro atoms. The van der Waals surface area contributed by atoms with Gasteiger partial charge < -0.3 is 14.8 Å². The number of aromatic amines is 1. The number of nitrogens with one attached hydrogen (secondary N) is 1. The number of hydrogen-bond acceptors (Lipinski definition) is 4. The van der Waals surface area contributed by atoms with Crippen LogP contribution < -0.4 is 5.56 Å². The molecule has 2 saturated heterocycles. The minimum Gasteiger partial charge on any atom is -0.343 e. The van der Waals surface area contributed by atoms with E-state index >= 15 is 0 Å². The van der Waals surface area contributed by atoms with Crippen molar-refractivity contribution in [1.82, 2.24) is 24.6 Å². The zero-order valence-electron chi connectivity index (χ0n) is 18.2. The molecule has 4 heterocycles. The van der Waals surface area contributed by atoms with Crippen LogP contribution in [-0.2, 0) is 23.1 Å². The Kier molecular flexibility index (Phi) is 5.66. The first-order valence-electron chi connectivity index (χ1n) is 11.0. The average Bonchev–Trinajstić information content (AvgIpc) is 3.36. The fraction of sp³-hybridized carbons (Fsp3) is 0.636. The third-order valence-electron chi connectivity index (χ3n) is 6.76. The fourth-order valence-electron chi connectivity index (χ4n) is 5.02. The molecule has 0 atom stereocenters. The number of rotatable bonds is 4. The monoisotopic (exact) mass is 413 g/mol. The highest BCUT2D eigenvalue weighted by atomic mass is 16.2. The van der Waals surface area contributed by atoms with Gasteiger partial charge in [-0.15, -0.1) is 0 Å². The number of nitrogens with zero attached hydrogens (tertiary/aromatic N) is 4. The summed E-state index contributed by atoms with van der Waals surface area (Å²) in [6.07, 6.45) is 4.40. The Morgan fingerprint density at radius 1 is 1.07 bits per heavy atom. The van der Waals surface area contributed by atoms with Crippen molar-refractivity contribution in [3.8, 4) is 0 Å².